The Morgan fingerprint density at radius 2 is 2.05 bits per heavy atom. The van der Waals surface area contributed by atoms with E-state index in [9.17, 15) is 18.3 Å². The maximum absolute atomic E-state index is 12.5. The van der Waals surface area contributed by atoms with Crippen molar-refractivity contribution in [1.82, 2.24) is 4.31 Å². The zero-order chi connectivity index (χ0) is 14.9. The van der Waals surface area contributed by atoms with Crippen LogP contribution in [-0.4, -0.2) is 42.0 Å². The van der Waals surface area contributed by atoms with Gasteiger partial charge in [-0.05, 0) is 37.0 Å². The highest BCUT2D eigenvalue weighted by molar-refractivity contribution is 7.89. The highest BCUT2D eigenvalue weighted by Crippen LogP contribution is 2.32. The highest BCUT2D eigenvalue weighted by Gasteiger charge is 2.31. The van der Waals surface area contributed by atoms with E-state index >= 15 is 0 Å². The van der Waals surface area contributed by atoms with Gasteiger partial charge in [0.2, 0.25) is 10.0 Å². The van der Waals surface area contributed by atoms with Gasteiger partial charge < -0.3 is 10.2 Å². The molecule has 0 bridgehead atoms. The molecule has 0 saturated heterocycles. The lowest BCUT2D eigenvalue weighted by Crippen LogP contribution is -2.32. The number of aromatic carboxylic acids is 1. The minimum absolute atomic E-state index is 0.102. The van der Waals surface area contributed by atoms with E-state index in [0.29, 0.717) is 19.0 Å². The molecule has 2 N–H and O–H groups in total. The largest absolute Gasteiger partial charge is 0.507 e. The fourth-order valence-corrected chi connectivity index (χ4v) is 3.53. The average molecular weight is 299 g/mol. The summed E-state index contributed by atoms with van der Waals surface area (Å²) in [6, 6.07) is 3.33. The van der Waals surface area contributed by atoms with Crippen LogP contribution in [0.3, 0.4) is 0 Å². The molecule has 1 aromatic rings. The fourth-order valence-electron chi connectivity index (χ4n) is 1.98. The predicted molar refractivity (Wildman–Crippen MR) is 72.2 cm³/mol. The number of sulfonamides is 1. The Kier molecular flexibility index (Phi) is 4.01. The summed E-state index contributed by atoms with van der Waals surface area (Å²) >= 11 is 0. The third kappa shape index (κ3) is 2.94. The van der Waals surface area contributed by atoms with Gasteiger partial charge in [-0.15, -0.1) is 0 Å². The van der Waals surface area contributed by atoms with Crippen molar-refractivity contribution >= 4 is 16.0 Å². The van der Waals surface area contributed by atoms with E-state index in [1.165, 1.54) is 10.4 Å². The molecule has 2 rings (SSSR count). The van der Waals surface area contributed by atoms with Gasteiger partial charge in [0.05, 0.1) is 4.90 Å². The Morgan fingerprint density at radius 1 is 1.40 bits per heavy atom. The van der Waals surface area contributed by atoms with Gasteiger partial charge in [0.15, 0.2) is 0 Å². The molecule has 1 aromatic carbocycles. The first-order valence-corrected chi connectivity index (χ1v) is 7.86. The maximum Gasteiger partial charge on any atom is 0.339 e. The highest BCUT2D eigenvalue weighted by atomic mass is 32.2. The molecule has 1 aliphatic carbocycles. The summed E-state index contributed by atoms with van der Waals surface area (Å²) in [6.07, 6.45) is 2.06. The first-order valence-electron chi connectivity index (χ1n) is 6.42. The van der Waals surface area contributed by atoms with E-state index in [-0.39, 0.29) is 4.90 Å². The number of nitrogens with zero attached hydrogens (tertiary/aromatic N) is 1. The van der Waals surface area contributed by atoms with Crippen molar-refractivity contribution < 1.29 is 23.4 Å². The minimum atomic E-state index is -3.72. The van der Waals surface area contributed by atoms with Gasteiger partial charge in [-0.25, -0.2) is 13.2 Å². The van der Waals surface area contributed by atoms with Gasteiger partial charge in [0, 0.05) is 13.1 Å². The van der Waals surface area contributed by atoms with Crippen LogP contribution in [0.2, 0.25) is 0 Å². The van der Waals surface area contributed by atoms with Crippen LogP contribution in [0.4, 0.5) is 0 Å². The van der Waals surface area contributed by atoms with Gasteiger partial charge in [0.1, 0.15) is 11.3 Å². The SMILES string of the molecule is CCN(CC1CC1)S(=O)(=O)c1ccc(O)c(C(=O)O)c1. The van der Waals surface area contributed by atoms with E-state index in [1.54, 1.807) is 6.92 Å². The number of hydrogen-bond donors (Lipinski definition) is 2. The molecule has 0 radical (unpaired) electrons. The number of carboxylic acids is 1. The Bertz CT molecular complexity index is 622. The summed E-state index contributed by atoms with van der Waals surface area (Å²) in [4.78, 5) is 10.9. The molecule has 0 atom stereocenters. The molecule has 6 nitrogen and oxygen atoms in total. The van der Waals surface area contributed by atoms with E-state index < -0.39 is 27.3 Å². The van der Waals surface area contributed by atoms with Gasteiger partial charge >= 0.3 is 5.97 Å². The third-order valence-corrected chi connectivity index (χ3v) is 5.28. The lowest BCUT2D eigenvalue weighted by atomic mass is 10.2. The topological polar surface area (TPSA) is 94.9 Å². The summed E-state index contributed by atoms with van der Waals surface area (Å²) in [5.41, 5.74) is -0.409. The van der Waals surface area contributed by atoms with Gasteiger partial charge in [-0.2, -0.15) is 4.31 Å². The Hall–Kier alpha value is -1.60. The first-order chi connectivity index (χ1) is 9.36. The first kappa shape index (κ1) is 14.8. The molecule has 0 aliphatic heterocycles. The number of carbonyl (C=O) groups is 1. The van der Waals surface area contributed by atoms with Crippen LogP contribution in [0, 0.1) is 5.92 Å². The van der Waals surface area contributed by atoms with E-state index in [4.69, 9.17) is 5.11 Å². The zero-order valence-electron chi connectivity index (χ0n) is 11.1. The van der Waals surface area contributed by atoms with Crippen molar-refractivity contribution in [3.05, 3.63) is 23.8 Å². The van der Waals surface area contributed by atoms with Crippen LogP contribution < -0.4 is 0 Å². The molecule has 1 fully saturated rings. The maximum atomic E-state index is 12.5. The number of benzene rings is 1. The second-order valence-corrected chi connectivity index (χ2v) is 6.82. The second-order valence-electron chi connectivity index (χ2n) is 4.88. The molecule has 0 unspecified atom stereocenters. The van der Waals surface area contributed by atoms with Crippen LogP contribution in [0.1, 0.15) is 30.1 Å². The van der Waals surface area contributed by atoms with Gasteiger partial charge in [0.25, 0.3) is 0 Å². The number of hydrogen-bond acceptors (Lipinski definition) is 4. The van der Waals surface area contributed by atoms with Crippen LogP contribution in [0.15, 0.2) is 23.1 Å². The van der Waals surface area contributed by atoms with Crippen molar-refractivity contribution in [2.75, 3.05) is 13.1 Å². The van der Waals surface area contributed by atoms with Crippen LogP contribution in [0.25, 0.3) is 0 Å². The van der Waals surface area contributed by atoms with Gasteiger partial charge in [-0.3, -0.25) is 0 Å². The normalized spacial score (nSPS) is 15.5. The molecular weight excluding hydrogens is 282 g/mol. The molecule has 1 saturated carbocycles. The molecule has 1 aliphatic rings. The molecule has 110 valence electrons. The Balaban J connectivity index is 2.37. The minimum Gasteiger partial charge on any atom is -0.507 e. The molecule has 20 heavy (non-hydrogen) atoms. The number of aromatic hydroxyl groups is 1. The summed E-state index contributed by atoms with van der Waals surface area (Å²) in [6.45, 7) is 2.54. The van der Waals surface area contributed by atoms with Crippen LogP contribution in [0.5, 0.6) is 5.75 Å². The molecule has 0 heterocycles. The number of phenols is 1. The van der Waals surface area contributed by atoms with E-state index in [1.807, 2.05) is 0 Å². The third-order valence-electron chi connectivity index (χ3n) is 3.35. The van der Waals surface area contributed by atoms with E-state index in [0.717, 1.165) is 25.0 Å². The Labute approximate surface area is 117 Å². The summed E-state index contributed by atoms with van der Waals surface area (Å²) in [5.74, 6) is -1.40. The molecule has 0 aromatic heterocycles. The summed E-state index contributed by atoms with van der Waals surface area (Å²) < 4.78 is 26.3. The van der Waals surface area contributed by atoms with E-state index in [2.05, 4.69) is 0 Å². The van der Waals surface area contributed by atoms with Crippen molar-refractivity contribution in [3.63, 3.8) is 0 Å². The Morgan fingerprint density at radius 3 is 2.55 bits per heavy atom. The predicted octanol–water partition coefficient (Wildman–Crippen LogP) is 1.51. The smallest absolute Gasteiger partial charge is 0.339 e. The molecule has 0 amide bonds. The monoisotopic (exact) mass is 299 g/mol. The zero-order valence-corrected chi connectivity index (χ0v) is 11.9. The fraction of sp³-hybridized carbons (Fsp3) is 0.462. The number of rotatable bonds is 6. The second kappa shape index (κ2) is 5.41. The van der Waals surface area contributed by atoms with Crippen LogP contribution >= 0.6 is 0 Å². The lowest BCUT2D eigenvalue weighted by molar-refractivity contribution is 0.0693. The molecular formula is C13H17NO5S. The summed E-state index contributed by atoms with van der Waals surface area (Å²) in [7, 11) is -3.72. The van der Waals surface area contributed by atoms with Crippen molar-refractivity contribution in [2.45, 2.75) is 24.7 Å². The van der Waals surface area contributed by atoms with Crippen LogP contribution in [-0.2, 0) is 10.0 Å². The standard InChI is InChI=1S/C13H17NO5S/c1-2-14(8-9-3-4-9)20(18,19)10-5-6-12(15)11(7-10)13(16)17/h5-7,9,15H,2-4,8H2,1H3,(H,16,17). The van der Waals surface area contributed by atoms with Crippen molar-refractivity contribution in [3.8, 4) is 5.75 Å². The quantitative estimate of drug-likeness (QED) is 0.830. The average Bonchev–Trinajstić information content (AvgIpc) is 3.19. The van der Waals surface area contributed by atoms with Gasteiger partial charge in [-0.1, -0.05) is 6.92 Å². The molecule has 7 heteroatoms. The molecule has 0 spiro atoms. The lowest BCUT2D eigenvalue weighted by Gasteiger charge is -2.20. The van der Waals surface area contributed by atoms with Crippen molar-refractivity contribution in [1.29, 1.82) is 0 Å². The summed E-state index contributed by atoms with van der Waals surface area (Å²) in [5, 5.41) is 18.4. The number of carboxylic acid groups (broad SMARTS) is 1. The van der Waals surface area contributed by atoms with Crippen molar-refractivity contribution in [2.24, 2.45) is 5.92 Å².